The van der Waals surface area contributed by atoms with E-state index in [0.717, 1.165) is 11.3 Å². The van der Waals surface area contributed by atoms with Gasteiger partial charge in [0.15, 0.2) is 0 Å². The van der Waals surface area contributed by atoms with E-state index in [-0.39, 0.29) is 10.8 Å². The monoisotopic (exact) mass is 280 g/mol. The van der Waals surface area contributed by atoms with Crippen molar-refractivity contribution in [2.24, 2.45) is 4.99 Å². The number of methoxy groups -OCH3 is 1. The zero-order valence-electron chi connectivity index (χ0n) is 10.6. The smallest absolute Gasteiger partial charge is 0.345 e. The molecular formula is C11H12N4O3S. The van der Waals surface area contributed by atoms with Crippen molar-refractivity contribution in [3.8, 4) is 5.88 Å². The van der Waals surface area contributed by atoms with Crippen molar-refractivity contribution < 1.29 is 14.6 Å². The molecule has 100 valence electrons. The van der Waals surface area contributed by atoms with Gasteiger partial charge < -0.3 is 14.7 Å². The maximum atomic E-state index is 11.0. The van der Waals surface area contributed by atoms with Crippen LogP contribution in [0.25, 0.3) is 10.2 Å². The van der Waals surface area contributed by atoms with Crippen LogP contribution >= 0.6 is 11.3 Å². The number of ether oxygens (including phenoxy) is 1. The highest BCUT2D eigenvalue weighted by Gasteiger charge is 2.15. The van der Waals surface area contributed by atoms with Crippen LogP contribution in [-0.2, 0) is 0 Å². The third-order valence-electron chi connectivity index (χ3n) is 2.15. The van der Waals surface area contributed by atoms with Crippen LogP contribution in [0.1, 0.15) is 9.67 Å². The summed E-state index contributed by atoms with van der Waals surface area (Å²) in [5, 5.41) is 9.56. The van der Waals surface area contributed by atoms with E-state index in [2.05, 4.69) is 15.0 Å². The van der Waals surface area contributed by atoms with Crippen molar-refractivity contribution in [2.75, 3.05) is 21.2 Å². The molecule has 7 nitrogen and oxygen atoms in total. The van der Waals surface area contributed by atoms with Gasteiger partial charge in [-0.25, -0.2) is 9.79 Å². The van der Waals surface area contributed by atoms with Crippen molar-refractivity contribution in [3.63, 3.8) is 0 Å². The van der Waals surface area contributed by atoms with E-state index in [1.54, 1.807) is 11.2 Å². The van der Waals surface area contributed by atoms with Gasteiger partial charge in [0.25, 0.3) is 5.95 Å². The summed E-state index contributed by atoms with van der Waals surface area (Å²) in [6.07, 6.45) is 1.56. The molecule has 0 aliphatic heterocycles. The molecule has 0 aromatic carbocycles. The molecule has 2 aromatic heterocycles. The van der Waals surface area contributed by atoms with Crippen molar-refractivity contribution >= 4 is 39.8 Å². The number of carbonyl (C=O) groups is 1. The Morgan fingerprint density at radius 1 is 1.53 bits per heavy atom. The second-order valence-electron chi connectivity index (χ2n) is 3.88. The van der Waals surface area contributed by atoms with Gasteiger partial charge in [-0.15, -0.1) is 11.3 Å². The lowest BCUT2D eigenvalue weighted by molar-refractivity contribution is 0.0702. The lowest BCUT2D eigenvalue weighted by Gasteiger charge is -2.03. The average molecular weight is 280 g/mol. The number of fused-ring (bicyclic) bond motifs is 1. The van der Waals surface area contributed by atoms with Gasteiger partial charge in [0.1, 0.15) is 9.71 Å². The Balaban J connectivity index is 2.55. The highest BCUT2D eigenvalue weighted by Crippen LogP contribution is 2.31. The van der Waals surface area contributed by atoms with Gasteiger partial charge in [-0.2, -0.15) is 9.97 Å². The Labute approximate surface area is 113 Å². The maximum Gasteiger partial charge on any atom is 0.345 e. The minimum absolute atomic E-state index is 0.191. The number of carboxylic acids is 1. The van der Waals surface area contributed by atoms with E-state index < -0.39 is 5.97 Å². The van der Waals surface area contributed by atoms with Crippen LogP contribution in [0, 0.1) is 0 Å². The molecule has 0 radical (unpaired) electrons. The summed E-state index contributed by atoms with van der Waals surface area (Å²) in [5.41, 5.74) is 0. The molecule has 0 aliphatic rings. The van der Waals surface area contributed by atoms with Crippen molar-refractivity contribution in [1.29, 1.82) is 0 Å². The topological polar surface area (TPSA) is 87.9 Å². The summed E-state index contributed by atoms with van der Waals surface area (Å²) in [6, 6.07) is 1.50. The largest absolute Gasteiger partial charge is 0.480 e. The molecule has 8 heteroatoms. The van der Waals surface area contributed by atoms with E-state index in [1.807, 2.05) is 14.1 Å². The van der Waals surface area contributed by atoms with Crippen LogP contribution in [0.15, 0.2) is 11.1 Å². The number of aromatic nitrogens is 2. The molecule has 0 saturated heterocycles. The summed E-state index contributed by atoms with van der Waals surface area (Å²) in [6.45, 7) is 0. The fourth-order valence-corrected chi connectivity index (χ4v) is 2.23. The lowest BCUT2D eigenvalue weighted by Crippen LogP contribution is -2.07. The first-order valence-electron chi connectivity index (χ1n) is 5.30. The van der Waals surface area contributed by atoms with Gasteiger partial charge in [-0.1, -0.05) is 0 Å². The fourth-order valence-electron chi connectivity index (χ4n) is 1.37. The molecule has 0 amide bonds. The van der Waals surface area contributed by atoms with E-state index in [9.17, 15) is 4.79 Å². The van der Waals surface area contributed by atoms with E-state index in [4.69, 9.17) is 9.84 Å². The molecule has 0 atom stereocenters. The molecule has 1 N–H and O–H groups in total. The molecule has 0 saturated carbocycles. The first-order valence-corrected chi connectivity index (χ1v) is 6.12. The molecule has 0 bridgehead atoms. The number of thiophene rings is 1. The van der Waals surface area contributed by atoms with Crippen LogP contribution in [-0.4, -0.2) is 53.5 Å². The van der Waals surface area contributed by atoms with Crippen molar-refractivity contribution in [1.82, 2.24) is 14.9 Å². The van der Waals surface area contributed by atoms with Gasteiger partial charge in [0.05, 0.1) is 18.8 Å². The Bertz CT molecular complexity index is 651. The number of nitrogens with zero attached hydrogens (tertiary/aromatic N) is 4. The summed E-state index contributed by atoms with van der Waals surface area (Å²) in [4.78, 5) is 25.8. The van der Waals surface area contributed by atoms with Crippen LogP contribution in [0.3, 0.4) is 0 Å². The third-order valence-corrected chi connectivity index (χ3v) is 3.17. The Kier molecular flexibility index (Phi) is 3.61. The van der Waals surface area contributed by atoms with Crippen LogP contribution in [0.5, 0.6) is 5.88 Å². The number of hydrogen-bond donors (Lipinski definition) is 1. The molecule has 2 heterocycles. The Hall–Kier alpha value is -2.22. The summed E-state index contributed by atoms with van der Waals surface area (Å²) in [7, 11) is 5.12. The van der Waals surface area contributed by atoms with E-state index in [0.29, 0.717) is 16.1 Å². The quantitative estimate of drug-likeness (QED) is 0.676. The standard InChI is InChI=1S/C11H12N4O3S/c1-15(2)5-12-11-13-8(18-3)6-4-7(10(16)17)19-9(6)14-11/h4-5H,1-3H3,(H,16,17)/b12-5+. The normalized spacial score (nSPS) is 11.1. The third kappa shape index (κ3) is 2.79. The highest BCUT2D eigenvalue weighted by atomic mass is 32.1. The number of aromatic carboxylic acids is 1. The molecule has 19 heavy (non-hydrogen) atoms. The van der Waals surface area contributed by atoms with Crippen molar-refractivity contribution in [2.45, 2.75) is 0 Å². The average Bonchev–Trinajstić information content (AvgIpc) is 2.79. The predicted molar refractivity (Wildman–Crippen MR) is 72.8 cm³/mol. The maximum absolute atomic E-state index is 11.0. The number of aliphatic imine (C=N–C) groups is 1. The first-order chi connectivity index (χ1) is 9.01. The van der Waals surface area contributed by atoms with Gasteiger partial charge in [0.2, 0.25) is 5.88 Å². The lowest BCUT2D eigenvalue weighted by atomic mass is 10.3. The van der Waals surface area contributed by atoms with Crippen LogP contribution in [0.2, 0.25) is 0 Å². The summed E-state index contributed by atoms with van der Waals surface area (Å²) >= 11 is 1.07. The molecule has 0 aliphatic carbocycles. The second kappa shape index (κ2) is 5.19. The zero-order chi connectivity index (χ0) is 14.0. The van der Waals surface area contributed by atoms with Crippen LogP contribution in [0.4, 0.5) is 5.95 Å². The second-order valence-corrected chi connectivity index (χ2v) is 4.91. The SMILES string of the molecule is COc1nc(/N=C/N(C)C)nc2sc(C(=O)O)cc12. The molecule has 0 spiro atoms. The Morgan fingerprint density at radius 3 is 2.84 bits per heavy atom. The number of carboxylic acid groups (broad SMARTS) is 1. The molecule has 0 fully saturated rings. The number of rotatable bonds is 4. The number of hydrogen-bond acceptors (Lipinski definition) is 6. The molecule has 2 rings (SSSR count). The summed E-state index contributed by atoms with van der Waals surface area (Å²) < 4.78 is 5.14. The highest BCUT2D eigenvalue weighted by molar-refractivity contribution is 7.20. The minimum Gasteiger partial charge on any atom is -0.480 e. The Morgan fingerprint density at radius 2 is 2.26 bits per heavy atom. The first kappa shape index (κ1) is 13.2. The van der Waals surface area contributed by atoms with Crippen molar-refractivity contribution in [3.05, 3.63) is 10.9 Å². The molecular weight excluding hydrogens is 268 g/mol. The predicted octanol–water partition coefficient (Wildman–Crippen LogP) is 1.62. The van der Waals surface area contributed by atoms with Gasteiger partial charge in [0, 0.05) is 14.1 Å². The van der Waals surface area contributed by atoms with Gasteiger partial charge in [-0.05, 0) is 6.07 Å². The van der Waals surface area contributed by atoms with E-state index >= 15 is 0 Å². The minimum atomic E-state index is -0.997. The van der Waals surface area contributed by atoms with Crippen LogP contribution < -0.4 is 4.74 Å². The van der Waals surface area contributed by atoms with E-state index in [1.165, 1.54) is 13.2 Å². The van der Waals surface area contributed by atoms with Gasteiger partial charge >= 0.3 is 5.97 Å². The molecule has 0 unspecified atom stereocenters. The van der Waals surface area contributed by atoms with Gasteiger partial charge in [-0.3, -0.25) is 0 Å². The molecule has 2 aromatic rings. The fraction of sp³-hybridized carbons (Fsp3) is 0.273. The summed E-state index contributed by atoms with van der Waals surface area (Å²) in [5.74, 6) is -0.445. The zero-order valence-corrected chi connectivity index (χ0v) is 11.4.